The standard InChI is InChI=1S/C18H18N2/c1-2-14-8-10-16(11-9-14)17-13-19-18(20-17)12-15-6-4-3-5-7-15/h3-11,13H,2,12H2,1H3,(H,19,20). The van der Waals surface area contributed by atoms with Gasteiger partial charge in [-0.3, -0.25) is 0 Å². The fourth-order valence-electron chi connectivity index (χ4n) is 2.31. The second-order valence-corrected chi connectivity index (χ2v) is 4.96. The molecular formula is C18H18N2. The van der Waals surface area contributed by atoms with E-state index in [4.69, 9.17) is 0 Å². The van der Waals surface area contributed by atoms with Gasteiger partial charge in [-0.15, -0.1) is 0 Å². The van der Waals surface area contributed by atoms with Gasteiger partial charge in [-0.1, -0.05) is 61.5 Å². The highest BCUT2D eigenvalue weighted by Crippen LogP contribution is 2.19. The third kappa shape index (κ3) is 2.80. The van der Waals surface area contributed by atoms with Gasteiger partial charge in [-0.25, -0.2) is 4.98 Å². The van der Waals surface area contributed by atoms with E-state index in [0.717, 1.165) is 24.4 Å². The van der Waals surface area contributed by atoms with Crippen LogP contribution in [0.4, 0.5) is 0 Å². The van der Waals surface area contributed by atoms with Crippen molar-refractivity contribution in [3.63, 3.8) is 0 Å². The molecule has 1 aromatic heterocycles. The van der Waals surface area contributed by atoms with E-state index in [0.29, 0.717) is 0 Å². The number of nitrogens with one attached hydrogen (secondary N) is 1. The molecule has 1 heterocycles. The summed E-state index contributed by atoms with van der Waals surface area (Å²) in [5.74, 6) is 1.01. The molecule has 3 aromatic rings. The maximum Gasteiger partial charge on any atom is 0.110 e. The molecular weight excluding hydrogens is 244 g/mol. The molecule has 0 spiro atoms. The topological polar surface area (TPSA) is 28.7 Å². The molecule has 100 valence electrons. The van der Waals surface area contributed by atoms with Crippen LogP contribution in [0.1, 0.15) is 23.9 Å². The molecule has 0 radical (unpaired) electrons. The van der Waals surface area contributed by atoms with Gasteiger partial charge in [-0.05, 0) is 23.1 Å². The van der Waals surface area contributed by atoms with Crippen molar-refractivity contribution in [2.24, 2.45) is 0 Å². The Morgan fingerprint density at radius 2 is 1.65 bits per heavy atom. The molecule has 0 fully saturated rings. The summed E-state index contributed by atoms with van der Waals surface area (Å²) in [6, 6.07) is 19.0. The Hall–Kier alpha value is -2.35. The Morgan fingerprint density at radius 3 is 2.35 bits per heavy atom. The van der Waals surface area contributed by atoms with Crippen LogP contribution in [0.2, 0.25) is 0 Å². The minimum atomic E-state index is 0.841. The molecule has 0 saturated carbocycles. The summed E-state index contributed by atoms with van der Waals surface area (Å²) in [6.45, 7) is 2.17. The number of imidazole rings is 1. The second-order valence-electron chi connectivity index (χ2n) is 4.96. The van der Waals surface area contributed by atoms with Crippen LogP contribution in [0.25, 0.3) is 11.3 Å². The minimum Gasteiger partial charge on any atom is -0.342 e. The first-order valence-corrected chi connectivity index (χ1v) is 7.02. The van der Waals surface area contributed by atoms with Crippen molar-refractivity contribution in [1.82, 2.24) is 9.97 Å². The third-order valence-electron chi connectivity index (χ3n) is 3.52. The largest absolute Gasteiger partial charge is 0.342 e. The summed E-state index contributed by atoms with van der Waals surface area (Å²) in [6.07, 6.45) is 3.83. The van der Waals surface area contributed by atoms with E-state index >= 15 is 0 Å². The molecule has 2 heteroatoms. The number of H-pyrrole nitrogens is 1. The van der Waals surface area contributed by atoms with Crippen molar-refractivity contribution in [2.75, 3.05) is 0 Å². The molecule has 0 amide bonds. The van der Waals surface area contributed by atoms with Gasteiger partial charge < -0.3 is 4.98 Å². The highest BCUT2D eigenvalue weighted by Gasteiger charge is 2.04. The molecule has 0 bridgehead atoms. The molecule has 0 saturated heterocycles. The van der Waals surface area contributed by atoms with E-state index in [9.17, 15) is 0 Å². The summed E-state index contributed by atoms with van der Waals surface area (Å²) in [5.41, 5.74) is 4.90. The molecule has 3 rings (SSSR count). The molecule has 2 aromatic carbocycles. The van der Waals surface area contributed by atoms with Crippen molar-refractivity contribution in [1.29, 1.82) is 0 Å². The molecule has 0 atom stereocenters. The Balaban J connectivity index is 1.79. The Bertz CT molecular complexity index is 666. The molecule has 0 aliphatic rings. The zero-order valence-corrected chi connectivity index (χ0v) is 11.6. The monoisotopic (exact) mass is 262 g/mol. The van der Waals surface area contributed by atoms with Gasteiger partial charge in [0.25, 0.3) is 0 Å². The van der Waals surface area contributed by atoms with E-state index < -0.39 is 0 Å². The Morgan fingerprint density at radius 1 is 0.900 bits per heavy atom. The van der Waals surface area contributed by atoms with Crippen molar-refractivity contribution in [2.45, 2.75) is 19.8 Å². The average molecular weight is 262 g/mol. The summed E-state index contributed by atoms with van der Waals surface area (Å²) in [4.78, 5) is 7.88. The first-order valence-electron chi connectivity index (χ1n) is 7.02. The van der Waals surface area contributed by atoms with Crippen molar-refractivity contribution >= 4 is 0 Å². The third-order valence-corrected chi connectivity index (χ3v) is 3.52. The van der Waals surface area contributed by atoms with Crippen LogP contribution in [-0.4, -0.2) is 9.97 Å². The van der Waals surface area contributed by atoms with Gasteiger partial charge in [0.15, 0.2) is 0 Å². The quantitative estimate of drug-likeness (QED) is 0.749. The van der Waals surface area contributed by atoms with Crippen molar-refractivity contribution in [3.8, 4) is 11.3 Å². The molecule has 20 heavy (non-hydrogen) atoms. The first kappa shape index (κ1) is 12.7. The predicted octanol–water partition coefficient (Wildman–Crippen LogP) is 4.23. The maximum absolute atomic E-state index is 4.47. The van der Waals surface area contributed by atoms with Gasteiger partial charge >= 0.3 is 0 Å². The fourth-order valence-corrected chi connectivity index (χ4v) is 2.31. The highest BCUT2D eigenvalue weighted by atomic mass is 14.9. The van der Waals surface area contributed by atoms with Crippen LogP contribution >= 0.6 is 0 Å². The van der Waals surface area contributed by atoms with E-state index in [2.05, 4.69) is 65.4 Å². The zero-order chi connectivity index (χ0) is 13.8. The van der Waals surface area contributed by atoms with E-state index in [1.165, 1.54) is 16.7 Å². The summed E-state index contributed by atoms with van der Waals surface area (Å²) in [7, 11) is 0. The average Bonchev–Trinajstić information content (AvgIpc) is 2.97. The van der Waals surface area contributed by atoms with Crippen LogP contribution in [0.3, 0.4) is 0 Å². The highest BCUT2D eigenvalue weighted by molar-refractivity contribution is 5.58. The summed E-state index contributed by atoms with van der Waals surface area (Å²) < 4.78 is 0. The summed E-state index contributed by atoms with van der Waals surface area (Å²) in [5, 5.41) is 0. The molecule has 2 nitrogen and oxygen atoms in total. The number of hydrogen-bond acceptors (Lipinski definition) is 1. The number of aryl methyl sites for hydroxylation is 1. The lowest BCUT2D eigenvalue weighted by atomic mass is 10.1. The first-order chi connectivity index (χ1) is 9.85. The van der Waals surface area contributed by atoms with Crippen molar-refractivity contribution in [3.05, 3.63) is 77.7 Å². The van der Waals surface area contributed by atoms with Crippen LogP contribution in [-0.2, 0) is 12.8 Å². The second kappa shape index (κ2) is 5.74. The van der Waals surface area contributed by atoms with Gasteiger partial charge in [0.1, 0.15) is 5.82 Å². The fraction of sp³-hybridized carbons (Fsp3) is 0.167. The van der Waals surface area contributed by atoms with Crippen LogP contribution in [0.15, 0.2) is 60.8 Å². The van der Waals surface area contributed by atoms with Crippen LogP contribution in [0, 0.1) is 0 Å². The van der Waals surface area contributed by atoms with Crippen molar-refractivity contribution < 1.29 is 0 Å². The van der Waals surface area contributed by atoms with E-state index in [1.54, 1.807) is 0 Å². The predicted molar refractivity (Wildman–Crippen MR) is 82.6 cm³/mol. The zero-order valence-electron chi connectivity index (χ0n) is 11.6. The number of benzene rings is 2. The maximum atomic E-state index is 4.47. The summed E-state index contributed by atoms with van der Waals surface area (Å²) >= 11 is 0. The van der Waals surface area contributed by atoms with Gasteiger partial charge in [0.2, 0.25) is 0 Å². The lowest BCUT2D eigenvalue weighted by molar-refractivity contribution is 1.03. The number of aromatic amines is 1. The van der Waals surface area contributed by atoms with Gasteiger partial charge in [-0.2, -0.15) is 0 Å². The number of rotatable bonds is 4. The SMILES string of the molecule is CCc1ccc(-c2cnc(Cc3ccccc3)[nH]2)cc1. The molecule has 1 N–H and O–H groups in total. The van der Waals surface area contributed by atoms with E-state index in [1.807, 2.05) is 12.3 Å². The lowest BCUT2D eigenvalue weighted by Crippen LogP contribution is -1.90. The van der Waals surface area contributed by atoms with Crippen LogP contribution < -0.4 is 0 Å². The minimum absolute atomic E-state index is 0.841. The molecule has 0 unspecified atom stereocenters. The number of nitrogens with zero attached hydrogens (tertiary/aromatic N) is 1. The Labute approximate surface area is 119 Å². The number of aromatic nitrogens is 2. The van der Waals surface area contributed by atoms with Crippen LogP contribution in [0.5, 0.6) is 0 Å². The number of hydrogen-bond donors (Lipinski definition) is 1. The van der Waals surface area contributed by atoms with Gasteiger partial charge in [0, 0.05) is 6.42 Å². The normalized spacial score (nSPS) is 10.7. The van der Waals surface area contributed by atoms with Gasteiger partial charge in [0.05, 0.1) is 11.9 Å². The smallest absolute Gasteiger partial charge is 0.110 e. The lowest BCUT2D eigenvalue weighted by Gasteiger charge is -2.00. The van der Waals surface area contributed by atoms with E-state index in [-0.39, 0.29) is 0 Å². The molecule has 0 aliphatic carbocycles. The Kier molecular flexibility index (Phi) is 3.64. The molecule has 0 aliphatic heterocycles.